The summed E-state index contributed by atoms with van der Waals surface area (Å²) in [6.07, 6.45) is 7.44. The van der Waals surface area contributed by atoms with Crippen molar-refractivity contribution in [2.24, 2.45) is 5.92 Å². The predicted octanol–water partition coefficient (Wildman–Crippen LogP) is 2.40. The highest BCUT2D eigenvalue weighted by molar-refractivity contribution is 5.10. The highest BCUT2D eigenvalue weighted by atomic mass is 16.1. The summed E-state index contributed by atoms with van der Waals surface area (Å²) >= 11 is 0. The largest absolute Gasteiger partial charge is 0.307 e. The van der Waals surface area contributed by atoms with Crippen LogP contribution in [0, 0.1) is 5.92 Å². The lowest BCUT2D eigenvalue weighted by atomic mass is 9.91. The molecular formula is C8H16O. The zero-order valence-corrected chi connectivity index (χ0v) is 6.23. The van der Waals surface area contributed by atoms with Gasteiger partial charge in [-0.05, 0) is 5.92 Å². The van der Waals surface area contributed by atoms with E-state index >= 15 is 0 Å². The maximum atomic E-state index is 8.00. The highest BCUT2D eigenvalue weighted by Gasteiger charge is 2.05. The second kappa shape index (κ2) is 5.80. The van der Waals surface area contributed by atoms with Crippen molar-refractivity contribution in [2.45, 2.75) is 39.0 Å². The third-order valence-electron chi connectivity index (χ3n) is 1.89. The summed E-state index contributed by atoms with van der Waals surface area (Å²) in [7, 11) is 0. The van der Waals surface area contributed by atoms with E-state index in [0.29, 0.717) is 0 Å². The molecule has 1 rings (SSSR count). The molecule has 0 radical (unpaired) electrons. The number of hydrogen-bond donors (Lipinski definition) is 0. The van der Waals surface area contributed by atoms with Crippen molar-refractivity contribution >= 4 is 6.79 Å². The van der Waals surface area contributed by atoms with E-state index in [-0.39, 0.29) is 0 Å². The third kappa shape index (κ3) is 4.19. The van der Waals surface area contributed by atoms with Crippen LogP contribution in [0.2, 0.25) is 0 Å². The van der Waals surface area contributed by atoms with E-state index in [1.165, 1.54) is 32.1 Å². The molecular weight excluding hydrogens is 112 g/mol. The van der Waals surface area contributed by atoms with Gasteiger partial charge in [0.2, 0.25) is 0 Å². The van der Waals surface area contributed by atoms with Gasteiger partial charge in [-0.15, -0.1) is 0 Å². The van der Waals surface area contributed by atoms with E-state index in [0.717, 1.165) is 5.92 Å². The van der Waals surface area contributed by atoms with Gasteiger partial charge in [0.15, 0.2) is 0 Å². The van der Waals surface area contributed by atoms with Crippen LogP contribution in [0.25, 0.3) is 0 Å². The minimum atomic E-state index is 1.04. The summed E-state index contributed by atoms with van der Waals surface area (Å²) in [5.41, 5.74) is 0. The van der Waals surface area contributed by atoms with E-state index in [4.69, 9.17) is 4.79 Å². The van der Waals surface area contributed by atoms with Gasteiger partial charge in [-0.25, -0.2) is 0 Å². The van der Waals surface area contributed by atoms with Crippen LogP contribution in [0.1, 0.15) is 39.0 Å². The van der Waals surface area contributed by atoms with Crippen LogP contribution >= 0.6 is 0 Å². The minimum absolute atomic E-state index is 1.04. The van der Waals surface area contributed by atoms with E-state index in [2.05, 4.69) is 6.92 Å². The lowest BCUT2D eigenvalue weighted by Gasteiger charge is -2.15. The van der Waals surface area contributed by atoms with Crippen LogP contribution in [0.3, 0.4) is 0 Å². The number of hydrogen-bond acceptors (Lipinski definition) is 1. The van der Waals surface area contributed by atoms with Crippen LogP contribution in [0.4, 0.5) is 0 Å². The van der Waals surface area contributed by atoms with Crippen LogP contribution in [0.5, 0.6) is 0 Å². The summed E-state index contributed by atoms with van der Waals surface area (Å²) in [5.74, 6) is 1.04. The Morgan fingerprint density at radius 3 is 1.78 bits per heavy atom. The molecule has 0 unspecified atom stereocenters. The summed E-state index contributed by atoms with van der Waals surface area (Å²) in [5, 5.41) is 0. The molecule has 0 saturated heterocycles. The molecule has 1 aliphatic carbocycles. The Bertz CT molecular complexity index is 55.6. The van der Waals surface area contributed by atoms with Gasteiger partial charge >= 0.3 is 0 Å². The van der Waals surface area contributed by atoms with E-state index in [1.54, 1.807) is 0 Å². The van der Waals surface area contributed by atoms with E-state index in [1.807, 2.05) is 6.79 Å². The smallest absolute Gasteiger partial charge is 0.106 e. The Balaban J connectivity index is 0.000000291. The summed E-state index contributed by atoms with van der Waals surface area (Å²) < 4.78 is 0. The summed E-state index contributed by atoms with van der Waals surface area (Å²) in [4.78, 5) is 8.00. The molecule has 1 fully saturated rings. The molecule has 0 N–H and O–H groups in total. The maximum absolute atomic E-state index is 8.00. The molecule has 1 heteroatoms. The fourth-order valence-electron chi connectivity index (χ4n) is 1.31. The first kappa shape index (κ1) is 8.67. The first-order chi connectivity index (χ1) is 4.39. The number of carbonyl (C=O) groups excluding carboxylic acids is 1. The van der Waals surface area contributed by atoms with Crippen molar-refractivity contribution in [1.29, 1.82) is 0 Å². The normalized spacial score (nSPS) is 20.1. The fraction of sp³-hybridized carbons (Fsp3) is 0.875. The molecule has 0 atom stereocenters. The van der Waals surface area contributed by atoms with Crippen molar-refractivity contribution in [2.75, 3.05) is 0 Å². The summed E-state index contributed by atoms with van der Waals surface area (Å²) in [6.45, 7) is 4.36. The average Bonchev–Trinajstić information content (AvgIpc) is 1.94. The molecule has 0 heterocycles. The van der Waals surface area contributed by atoms with Gasteiger partial charge in [0.1, 0.15) is 6.79 Å². The van der Waals surface area contributed by atoms with Gasteiger partial charge in [-0.3, -0.25) is 0 Å². The van der Waals surface area contributed by atoms with Gasteiger partial charge in [0.25, 0.3) is 0 Å². The van der Waals surface area contributed by atoms with Gasteiger partial charge < -0.3 is 4.79 Å². The fourth-order valence-corrected chi connectivity index (χ4v) is 1.31. The first-order valence-electron chi connectivity index (χ1n) is 3.68. The molecule has 54 valence electrons. The second-order valence-electron chi connectivity index (χ2n) is 2.74. The zero-order chi connectivity index (χ0) is 7.11. The molecule has 0 amide bonds. The lowest BCUT2D eigenvalue weighted by Crippen LogP contribution is -1.99. The molecule has 0 aromatic carbocycles. The number of rotatable bonds is 0. The van der Waals surface area contributed by atoms with E-state index in [9.17, 15) is 0 Å². The van der Waals surface area contributed by atoms with Gasteiger partial charge in [0.05, 0.1) is 0 Å². The van der Waals surface area contributed by atoms with Gasteiger partial charge in [-0.1, -0.05) is 39.0 Å². The first-order valence-corrected chi connectivity index (χ1v) is 3.68. The Hall–Kier alpha value is -0.330. The molecule has 1 saturated carbocycles. The Morgan fingerprint density at radius 2 is 1.56 bits per heavy atom. The van der Waals surface area contributed by atoms with Crippen molar-refractivity contribution in [3.63, 3.8) is 0 Å². The van der Waals surface area contributed by atoms with Crippen molar-refractivity contribution in [1.82, 2.24) is 0 Å². The maximum Gasteiger partial charge on any atom is 0.106 e. The second-order valence-corrected chi connectivity index (χ2v) is 2.74. The van der Waals surface area contributed by atoms with Crippen molar-refractivity contribution in [3.05, 3.63) is 0 Å². The Labute approximate surface area is 57.5 Å². The molecule has 1 aliphatic rings. The average molecular weight is 128 g/mol. The molecule has 1 nitrogen and oxygen atoms in total. The van der Waals surface area contributed by atoms with Crippen LogP contribution < -0.4 is 0 Å². The zero-order valence-electron chi connectivity index (χ0n) is 6.23. The van der Waals surface area contributed by atoms with Gasteiger partial charge in [0, 0.05) is 0 Å². The SMILES string of the molecule is C=O.CC1CCCCC1. The topological polar surface area (TPSA) is 17.1 Å². The van der Waals surface area contributed by atoms with E-state index < -0.39 is 0 Å². The minimum Gasteiger partial charge on any atom is -0.307 e. The third-order valence-corrected chi connectivity index (χ3v) is 1.89. The molecule has 0 aromatic rings. The molecule has 0 spiro atoms. The number of carbonyl (C=O) groups is 1. The van der Waals surface area contributed by atoms with Crippen molar-refractivity contribution < 1.29 is 4.79 Å². The molecule has 9 heavy (non-hydrogen) atoms. The highest BCUT2D eigenvalue weighted by Crippen LogP contribution is 2.21. The Morgan fingerprint density at radius 1 is 1.11 bits per heavy atom. The van der Waals surface area contributed by atoms with Crippen LogP contribution in [0.15, 0.2) is 0 Å². The molecule has 0 aromatic heterocycles. The van der Waals surface area contributed by atoms with Gasteiger partial charge in [-0.2, -0.15) is 0 Å². The molecule has 0 bridgehead atoms. The predicted molar refractivity (Wildman–Crippen MR) is 39.4 cm³/mol. The quantitative estimate of drug-likeness (QED) is 0.489. The summed E-state index contributed by atoms with van der Waals surface area (Å²) in [6, 6.07) is 0. The van der Waals surface area contributed by atoms with Crippen LogP contribution in [-0.4, -0.2) is 6.79 Å². The van der Waals surface area contributed by atoms with Crippen molar-refractivity contribution in [3.8, 4) is 0 Å². The standard InChI is InChI=1S/C7H14.CH2O/c1-7-5-3-2-4-6-7;1-2/h7H,2-6H2,1H3;1H2. The lowest BCUT2D eigenvalue weighted by molar-refractivity contribution is -0.0979. The monoisotopic (exact) mass is 128 g/mol. The van der Waals surface area contributed by atoms with Crippen LogP contribution in [-0.2, 0) is 4.79 Å². The molecule has 0 aliphatic heterocycles. The Kier molecular flexibility index (Phi) is 5.59.